The van der Waals surface area contributed by atoms with E-state index in [4.69, 9.17) is 5.73 Å². The van der Waals surface area contributed by atoms with Crippen molar-refractivity contribution in [3.63, 3.8) is 0 Å². The molecule has 0 radical (unpaired) electrons. The first-order chi connectivity index (χ1) is 8.29. The molecule has 3 rings (SSSR count). The minimum Gasteiger partial charge on any atom is -0.324 e. The first kappa shape index (κ1) is 11.2. The monoisotopic (exact) mass is 230 g/mol. The fourth-order valence-corrected chi connectivity index (χ4v) is 3.10. The van der Waals surface area contributed by atoms with E-state index in [0.29, 0.717) is 6.04 Å². The van der Waals surface area contributed by atoms with Crippen LogP contribution in [0.1, 0.15) is 49.4 Å². The molecule has 2 heteroatoms. The lowest BCUT2D eigenvalue weighted by atomic mass is 10.1. The van der Waals surface area contributed by atoms with Crippen molar-refractivity contribution in [2.45, 2.75) is 38.3 Å². The molecule has 0 heterocycles. The smallest absolute Gasteiger partial charge is 0.0369 e. The van der Waals surface area contributed by atoms with Crippen molar-refractivity contribution >= 4 is 0 Å². The Hall–Kier alpha value is -0.860. The minimum atomic E-state index is 0.240. The van der Waals surface area contributed by atoms with E-state index in [1.165, 1.54) is 30.5 Å². The van der Waals surface area contributed by atoms with Crippen LogP contribution in [0.2, 0.25) is 0 Å². The highest BCUT2D eigenvalue weighted by Gasteiger charge is 2.34. The van der Waals surface area contributed by atoms with E-state index in [1.807, 2.05) is 0 Å². The van der Waals surface area contributed by atoms with E-state index < -0.39 is 0 Å². The van der Waals surface area contributed by atoms with Gasteiger partial charge in [0.15, 0.2) is 0 Å². The third-order valence-corrected chi connectivity index (χ3v) is 4.27. The van der Waals surface area contributed by atoms with Crippen LogP contribution in [0, 0.1) is 5.92 Å². The van der Waals surface area contributed by atoms with Gasteiger partial charge in [0.25, 0.3) is 0 Å². The average Bonchev–Trinajstić information content (AvgIpc) is 3.12. The largest absolute Gasteiger partial charge is 0.324 e. The summed E-state index contributed by atoms with van der Waals surface area (Å²) in [6.07, 6.45) is 3.95. The zero-order valence-electron chi connectivity index (χ0n) is 10.6. The molecule has 2 aliphatic carbocycles. The van der Waals surface area contributed by atoms with Crippen LogP contribution in [0.5, 0.6) is 0 Å². The van der Waals surface area contributed by atoms with E-state index in [-0.39, 0.29) is 6.04 Å². The molecule has 1 fully saturated rings. The maximum atomic E-state index is 6.25. The van der Waals surface area contributed by atoms with E-state index >= 15 is 0 Å². The van der Waals surface area contributed by atoms with Crippen LogP contribution in [0.15, 0.2) is 24.3 Å². The highest BCUT2D eigenvalue weighted by molar-refractivity contribution is 5.37. The number of nitrogens with two attached hydrogens (primary N) is 1. The van der Waals surface area contributed by atoms with E-state index in [1.54, 1.807) is 0 Å². The van der Waals surface area contributed by atoms with Crippen LogP contribution in [0.3, 0.4) is 0 Å². The Morgan fingerprint density at radius 2 is 1.94 bits per heavy atom. The predicted molar refractivity (Wildman–Crippen MR) is 70.7 cm³/mol. The van der Waals surface area contributed by atoms with Crippen molar-refractivity contribution in [2.24, 2.45) is 11.7 Å². The normalized spacial score (nSPS) is 27.5. The number of fused-ring (bicyclic) bond motifs is 1. The molecule has 1 aromatic carbocycles. The van der Waals surface area contributed by atoms with Gasteiger partial charge in [0.1, 0.15) is 0 Å². The van der Waals surface area contributed by atoms with Gasteiger partial charge in [-0.3, -0.25) is 4.90 Å². The zero-order valence-corrected chi connectivity index (χ0v) is 10.6. The Bertz CT molecular complexity index is 398. The number of nitrogens with zero attached hydrogens (tertiary/aromatic N) is 1. The fourth-order valence-electron chi connectivity index (χ4n) is 3.10. The molecule has 0 saturated heterocycles. The van der Waals surface area contributed by atoms with Gasteiger partial charge in [0.05, 0.1) is 0 Å². The number of benzene rings is 1. The summed E-state index contributed by atoms with van der Waals surface area (Å²) in [5, 5.41) is 0. The molecule has 2 aliphatic rings. The first-order valence-corrected chi connectivity index (χ1v) is 6.88. The summed E-state index contributed by atoms with van der Waals surface area (Å²) in [4.78, 5) is 2.63. The van der Waals surface area contributed by atoms with E-state index in [2.05, 4.69) is 36.1 Å². The molecular weight excluding hydrogens is 208 g/mol. The Labute approximate surface area is 104 Å². The molecule has 1 aromatic rings. The van der Waals surface area contributed by atoms with Crippen LogP contribution < -0.4 is 5.73 Å². The summed E-state index contributed by atoms with van der Waals surface area (Å²) in [5.41, 5.74) is 9.09. The van der Waals surface area contributed by atoms with Gasteiger partial charge in [-0.15, -0.1) is 0 Å². The minimum absolute atomic E-state index is 0.240. The SMILES string of the molecule is CCN(CC1CC1)C1CC(N)c2ccccc21. The molecular formula is C15H22N2. The Kier molecular flexibility index (Phi) is 2.93. The van der Waals surface area contributed by atoms with Crippen LogP contribution >= 0.6 is 0 Å². The van der Waals surface area contributed by atoms with Crippen molar-refractivity contribution in [3.05, 3.63) is 35.4 Å². The summed E-state index contributed by atoms with van der Waals surface area (Å²) in [5.74, 6) is 0.957. The van der Waals surface area contributed by atoms with Gasteiger partial charge in [0.2, 0.25) is 0 Å². The standard InChI is InChI=1S/C15H22N2/c1-2-17(10-11-7-8-11)15-9-14(16)12-5-3-4-6-13(12)15/h3-6,11,14-15H,2,7-10,16H2,1H3. The van der Waals surface area contributed by atoms with Crippen molar-refractivity contribution in [1.82, 2.24) is 4.90 Å². The van der Waals surface area contributed by atoms with Crippen LogP contribution in [-0.2, 0) is 0 Å². The Balaban J connectivity index is 1.83. The van der Waals surface area contributed by atoms with E-state index in [0.717, 1.165) is 18.9 Å². The summed E-state index contributed by atoms with van der Waals surface area (Å²) in [6.45, 7) is 4.68. The van der Waals surface area contributed by atoms with Gasteiger partial charge < -0.3 is 5.73 Å². The highest BCUT2D eigenvalue weighted by Crippen LogP contribution is 2.42. The summed E-state index contributed by atoms with van der Waals surface area (Å²) in [7, 11) is 0. The first-order valence-electron chi connectivity index (χ1n) is 6.88. The van der Waals surface area contributed by atoms with E-state index in [9.17, 15) is 0 Å². The number of hydrogen-bond acceptors (Lipinski definition) is 2. The van der Waals surface area contributed by atoms with Gasteiger partial charge in [-0.1, -0.05) is 31.2 Å². The molecule has 2 N–H and O–H groups in total. The van der Waals surface area contributed by atoms with Gasteiger partial charge in [-0.25, -0.2) is 0 Å². The lowest BCUT2D eigenvalue weighted by Crippen LogP contribution is -2.29. The molecule has 2 nitrogen and oxygen atoms in total. The second-order valence-electron chi connectivity index (χ2n) is 5.52. The maximum Gasteiger partial charge on any atom is 0.0369 e. The van der Waals surface area contributed by atoms with Crippen LogP contribution in [0.25, 0.3) is 0 Å². The highest BCUT2D eigenvalue weighted by atomic mass is 15.2. The Morgan fingerprint density at radius 1 is 1.24 bits per heavy atom. The summed E-state index contributed by atoms with van der Waals surface area (Å²) in [6, 6.07) is 9.52. The third-order valence-electron chi connectivity index (χ3n) is 4.27. The van der Waals surface area contributed by atoms with Crippen molar-refractivity contribution in [3.8, 4) is 0 Å². The molecule has 92 valence electrons. The topological polar surface area (TPSA) is 29.3 Å². The zero-order chi connectivity index (χ0) is 11.8. The van der Waals surface area contributed by atoms with Gasteiger partial charge in [-0.2, -0.15) is 0 Å². The molecule has 2 unspecified atom stereocenters. The second kappa shape index (κ2) is 4.43. The summed E-state index contributed by atoms with van der Waals surface area (Å²) < 4.78 is 0. The molecule has 0 amide bonds. The second-order valence-corrected chi connectivity index (χ2v) is 5.52. The van der Waals surface area contributed by atoms with Gasteiger partial charge in [-0.05, 0) is 42.9 Å². The molecule has 0 aliphatic heterocycles. The predicted octanol–water partition coefficient (Wildman–Crippen LogP) is 2.86. The lowest BCUT2D eigenvalue weighted by Gasteiger charge is -2.28. The molecule has 2 atom stereocenters. The molecule has 0 aromatic heterocycles. The van der Waals surface area contributed by atoms with Crippen LogP contribution in [-0.4, -0.2) is 18.0 Å². The molecule has 0 spiro atoms. The number of rotatable bonds is 4. The quantitative estimate of drug-likeness (QED) is 0.861. The van der Waals surface area contributed by atoms with Crippen molar-refractivity contribution in [2.75, 3.05) is 13.1 Å². The molecule has 17 heavy (non-hydrogen) atoms. The fraction of sp³-hybridized carbons (Fsp3) is 0.600. The van der Waals surface area contributed by atoms with Crippen molar-refractivity contribution < 1.29 is 0 Å². The molecule has 1 saturated carbocycles. The number of hydrogen-bond donors (Lipinski definition) is 1. The third kappa shape index (κ3) is 2.12. The average molecular weight is 230 g/mol. The lowest BCUT2D eigenvalue weighted by molar-refractivity contribution is 0.193. The summed E-state index contributed by atoms with van der Waals surface area (Å²) >= 11 is 0. The molecule has 0 bridgehead atoms. The van der Waals surface area contributed by atoms with Gasteiger partial charge in [0, 0.05) is 18.6 Å². The maximum absolute atomic E-state index is 6.25. The van der Waals surface area contributed by atoms with Crippen LogP contribution in [0.4, 0.5) is 0 Å². The Morgan fingerprint density at radius 3 is 2.59 bits per heavy atom. The van der Waals surface area contributed by atoms with Crippen molar-refractivity contribution in [1.29, 1.82) is 0 Å². The van der Waals surface area contributed by atoms with Gasteiger partial charge >= 0.3 is 0 Å².